The van der Waals surface area contributed by atoms with Crippen molar-refractivity contribution >= 4 is 34.8 Å². The van der Waals surface area contributed by atoms with Gasteiger partial charge in [-0.05, 0) is 30.3 Å². The van der Waals surface area contributed by atoms with Gasteiger partial charge in [-0.2, -0.15) is 0 Å². The topological polar surface area (TPSA) is 137 Å². The molecule has 0 aliphatic heterocycles. The molecule has 0 aliphatic rings. The lowest BCUT2D eigenvalue weighted by Gasteiger charge is -2.10. The number of amides is 2. The number of ether oxygens (including phenoxy) is 2. The number of carbonyl (C=O) groups is 3. The minimum Gasteiger partial charge on any atom is -0.495 e. The van der Waals surface area contributed by atoms with Gasteiger partial charge in [0.25, 0.3) is 11.6 Å². The number of anilines is 2. The molecule has 2 aromatic rings. The van der Waals surface area contributed by atoms with Crippen molar-refractivity contribution < 1.29 is 28.8 Å². The molecule has 0 saturated carbocycles. The molecule has 0 bridgehead atoms. The van der Waals surface area contributed by atoms with Gasteiger partial charge in [-0.15, -0.1) is 0 Å². The lowest BCUT2D eigenvalue weighted by Crippen LogP contribution is -2.21. The summed E-state index contributed by atoms with van der Waals surface area (Å²) in [7, 11) is 1.35. The van der Waals surface area contributed by atoms with Crippen LogP contribution in [0.1, 0.15) is 17.3 Å². The van der Waals surface area contributed by atoms with Crippen LogP contribution in [0.15, 0.2) is 42.5 Å². The molecule has 0 aliphatic carbocycles. The summed E-state index contributed by atoms with van der Waals surface area (Å²) >= 11 is 0. The largest absolute Gasteiger partial charge is 0.495 e. The van der Waals surface area contributed by atoms with Crippen LogP contribution in [0.2, 0.25) is 0 Å². The molecule has 10 nitrogen and oxygen atoms in total. The number of benzene rings is 2. The fourth-order valence-electron chi connectivity index (χ4n) is 2.20. The van der Waals surface area contributed by atoms with E-state index in [4.69, 9.17) is 9.47 Å². The fourth-order valence-corrected chi connectivity index (χ4v) is 2.20. The Morgan fingerprint density at radius 2 is 1.75 bits per heavy atom. The number of hydrogen-bond acceptors (Lipinski definition) is 7. The molecule has 0 radical (unpaired) electrons. The van der Waals surface area contributed by atoms with Gasteiger partial charge in [0.2, 0.25) is 5.91 Å². The highest BCUT2D eigenvalue weighted by atomic mass is 16.6. The number of rotatable bonds is 7. The molecule has 0 spiro atoms. The van der Waals surface area contributed by atoms with Crippen molar-refractivity contribution in [1.29, 1.82) is 0 Å². The summed E-state index contributed by atoms with van der Waals surface area (Å²) in [4.78, 5) is 45.2. The lowest BCUT2D eigenvalue weighted by atomic mass is 10.2. The molecule has 146 valence electrons. The quantitative estimate of drug-likeness (QED) is 0.423. The lowest BCUT2D eigenvalue weighted by molar-refractivity contribution is -0.384. The van der Waals surface area contributed by atoms with Crippen molar-refractivity contribution in [2.75, 3.05) is 24.4 Å². The van der Waals surface area contributed by atoms with Crippen LogP contribution in [-0.2, 0) is 14.3 Å². The molecule has 2 rings (SSSR count). The van der Waals surface area contributed by atoms with Crippen LogP contribution in [0, 0.1) is 10.1 Å². The van der Waals surface area contributed by atoms with Crippen molar-refractivity contribution in [3.8, 4) is 5.75 Å². The van der Waals surface area contributed by atoms with Crippen molar-refractivity contribution in [2.45, 2.75) is 6.92 Å². The first-order valence-electron chi connectivity index (χ1n) is 7.97. The average Bonchev–Trinajstić information content (AvgIpc) is 2.66. The first-order chi connectivity index (χ1) is 13.3. The number of nitro groups is 1. The third-order valence-electron chi connectivity index (χ3n) is 3.44. The smallest absolute Gasteiger partial charge is 0.338 e. The number of carbonyl (C=O) groups excluding carboxylic acids is 3. The van der Waals surface area contributed by atoms with Crippen LogP contribution in [0.4, 0.5) is 17.1 Å². The second-order valence-corrected chi connectivity index (χ2v) is 5.52. The van der Waals surface area contributed by atoms with Crippen LogP contribution in [0.25, 0.3) is 0 Å². The zero-order valence-electron chi connectivity index (χ0n) is 15.1. The Kier molecular flexibility index (Phi) is 6.63. The monoisotopic (exact) mass is 387 g/mol. The summed E-state index contributed by atoms with van der Waals surface area (Å²) in [6, 6.07) is 9.64. The van der Waals surface area contributed by atoms with Crippen LogP contribution < -0.4 is 15.4 Å². The van der Waals surface area contributed by atoms with E-state index in [2.05, 4.69) is 10.6 Å². The Morgan fingerprint density at radius 1 is 1.07 bits per heavy atom. The van der Waals surface area contributed by atoms with E-state index in [-0.39, 0.29) is 28.6 Å². The molecule has 2 amide bonds. The van der Waals surface area contributed by atoms with Gasteiger partial charge in [-0.1, -0.05) is 0 Å². The summed E-state index contributed by atoms with van der Waals surface area (Å²) in [5.74, 6) is -1.46. The van der Waals surface area contributed by atoms with Gasteiger partial charge in [0.05, 0.1) is 23.3 Å². The molecule has 0 aromatic heterocycles. The zero-order valence-corrected chi connectivity index (χ0v) is 15.1. The van der Waals surface area contributed by atoms with Gasteiger partial charge < -0.3 is 20.1 Å². The van der Waals surface area contributed by atoms with E-state index < -0.39 is 23.4 Å². The van der Waals surface area contributed by atoms with E-state index in [0.717, 1.165) is 6.07 Å². The van der Waals surface area contributed by atoms with Crippen LogP contribution in [0.3, 0.4) is 0 Å². The number of non-ortho nitro benzene ring substituents is 1. The Morgan fingerprint density at radius 3 is 2.32 bits per heavy atom. The second kappa shape index (κ2) is 9.12. The number of esters is 1. The normalized spacial score (nSPS) is 9.93. The van der Waals surface area contributed by atoms with Crippen molar-refractivity contribution in [3.63, 3.8) is 0 Å². The molecule has 0 fully saturated rings. The van der Waals surface area contributed by atoms with E-state index in [1.54, 1.807) is 0 Å². The number of nitrogens with zero attached hydrogens (tertiary/aromatic N) is 1. The first-order valence-corrected chi connectivity index (χ1v) is 7.97. The minimum absolute atomic E-state index is 0.0809. The maximum Gasteiger partial charge on any atom is 0.338 e. The molecular weight excluding hydrogens is 370 g/mol. The van der Waals surface area contributed by atoms with E-state index in [9.17, 15) is 24.5 Å². The third kappa shape index (κ3) is 5.53. The van der Waals surface area contributed by atoms with Gasteiger partial charge >= 0.3 is 5.97 Å². The molecule has 0 unspecified atom stereocenters. The summed E-state index contributed by atoms with van der Waals surface area (Å²) in [6.07, 6.45) is 0. The number of methoxy groups -OCH3 is 1. The third-order valence-corrected chi connectivity index (χ3v) is 3.44. The standard InChI is InChI=1S/C18H17N3O7/c1-11(22)19-13-5-3-12(4-6-13)18(24)28-10-17(23)20-15-9-14(21(25)26)7-8-16(15)27-2/h3-9H,10H2,1-2H3,(H,19,22)(H,20,23). The molecule has 2 aromatic carbocycles. The molecule has 0 heterocycles. The maximum absolute atomic E-state index is 12.0. The summed E-state index contributed by atoms with van der Waals surface area (Å²) in [5, 5.41) is 15.8. The van der Waals surface area contributed by atoms with Gasteiger partial charge in [0.15, 0.2) is 6.61 Å². The van der Waals surface area contributed by atoms with Crippen LogP contribution in [-0.4, -0.2) is 36.4 Å². The summed E-state index contributed by atoms with van der Waals surface area (Å²) in [6.45, 7) is 0.759. The Bertz CT molecular complexity index is 910. The molecular formula is C18H17N3O7. The number of hydrogen-bond donors (Lipinski definition) is 2. The first kappa shape index (κ1) is 20.4. The van der Waals surface area contributed by atoms with Crippen molar-refractivity contribution in [1.82, 2.24) is 0 Å². The van der Waals surface area contributed by atoms with E-state index in [1.807, 2.05) is 0 Å². The zero-order chi connectivity index (χ0) is 20.7. The predicted octanol–water partition coefficient (Wildman–Crippen LogP) is 2.36. The molecule has 0 atom stereocenters. The molecule has 0 saturated heterocycles. The Balaban J connectivity index is 1.96. The SMILES string of the molecule is COc1ccc([N+](=O)[O-])cc1NC(=O)COC(=O)c1ccc(NC(C)=O)cc1. The number of nitrogens with one attached hydrogen (secondary N) is 2. The van der Waals surface area contributed by atoms with Gasteiger partial charge in [-0.25, -0.2) is 4.79 Å². The Labute approximate surface area is 159 Å². The van der Waals surface area contributed by atoms with Gasteiger partial charge in [-0.3, -0.25) is 19.7 Å². The van der Waals surface area contributed by atoms with E-state index in [0.29, 0.717) is 5.69 Å². The summed E-state index contributed by atoms with van der Waals surface area (Å²) < 4.78 is 9.96. The molecule has 10 heteroatoms. The van der Waals surface area contributed by atoms with E-state index in [1.165, 1.54) is 50.4 Å². The van der Waals surface area contributed by atoms with Gasteiger partial charge in [0, 0.05) is 24.7 Å². The Hall–Kier alpha value is -3.95. The minimum atomic E-state index is -0.740. The second-order valence-electron chi connectivity index (χ2n) is 5.52. The molecule has 28 heavy (non-hydrogen) atoms. The number of nitro benzene ring substituents is 1. The van der Waals surface area contributed by atoms with Crippen LogP contribution in [0.5, 0.6) is 5.75 Å². The summed E-state index contributed by atoms with van der Waals surface area (Å²) in [5.41, 5.74) is 0.555. The maximum atomic E-state index is 12.0. The van der Waals surface area contributed by atoms with Crippen molar-refractivity contribution in [2.24, 2.45) is 0 Å². The fraction of sp³-hybridized carbons (Fsp3) is 0.167. The highest BCUT2D eigenvalue weighted by Crippen LogP contribution is 2.28. The highest BCUT2D eigenvalue weighted by molar-refractivity contribution is 5.97. The van der Waals surface area contributed by atoms with Crippen molar-refractivity contribution in [3.05, 3.63) is 58.1 Å². The highest BCUT2D eigenvalue weighted by Gasteiger charge is 2.15. The van der Waals surface area contributed by atoms with E-state index >= 15 is 0 Å². The average molecular weight is 387 g/mol. The van der Waals surface area contributed by atoms with Gasteiger partial charge in [0.1, 0.15) is 5.75 Å². The predicted molar refractivity (Wildman–Crippen MR) is 99.3 cm³/mol. The molecule has 2 N–H and O–H groups in total. The van der Waals surface area contributed by atoms with Crippen LogP contribution >= 0.6 is 0 Å².